The van der Waals surface area contributed by atoms with Crippen LogP contribution in [-0.4, -0.2) is 28.8 Å². The molecule has 0 unspecified atom stereocenters. The number of aryl methyl sites for hydroxylation is 1. The molecule has 2 fully saturated rings. The SMILES string of the molecule is Cc1cccc(C(=O)N2CCC[C@@]2(C(N)=O)[C@@H](c2ccc(C(F)(F)F)cc2F)C2CC2)c1. The number of hydrogen-bond acceptors (Lipinski definition) is 2. The number of carbonyl (C=O) groups excluding carboxylic acids is 2. The van der Waals surface area contributed by atoms with Crippen LogP contribution in [0.1, 0.15) is 58.6 Å². The van der Waals surface area contributed by atoms with Crippen LogP contribution in [-0.2, 0) is 11.0 Å². The average molecular weight is 448 g/mol. The Morgan fingerprint density at radius 1 is 1.16 bits per heavy atom. The molecule has 1 heterocycles. The quantitative estimate of drug-likeness (QED) is 0.668. The van der Waals surface area contributed by atoms with E-state index in [1.807, 2.05) is 13.0 Å². The highest BCUT2D eigenvalue weighted by Gasteiger charge is 2.58. The van der Waals surface area contributed by atoms with Crippen LogP contribution >= 0.6 is 0 Å². The van der Waals surface area contributed by atoms with E-state index >= 15 is 4.39 Å². The van der Waals surface area contributed by atoms with Gasteiger partial charge < -0.3 is 10.6 Å². The molecule has 1 saturated carbocycles. The molecular weight excluding hydrogens is 424 g/mol. The zero-order valence-corrected chi connectivity index (χ0v) is 17.6. The van der Waals surface area contributed by atoms with Gasteiger partial charge in [-0.3, -0.25) is 9.59 Å². The first kappa shape index (κ1) is 22.3. The monoisotopic (exact) mass is 448 g/mol. The fraction of sp³-hybridized carbons (Fsp3) is 0.417. The van der Waals surface area contributed by atoms with Crippen LogP contribution in [0.5, 0.6) is 0 Å². The molecular formula is C24H24F4N2O2. The van der Waals surface area contributed by atoms with Gasteiger partial charge in [-0.25, -0.2) is 4.39 Å². The van der Waals surface area contributed by atoms with Crippen molar-refractivity contribution in [2.75, 3.05) is 6.54 Å². The fourth-order valence-corrected chi connectivity index (χ4v) is 5.08. The normalized spacial score (nSPS) is 22.1. The fourth-order valence-electron chi connectivity index (χ4n) is 5.08. The van der Waals surface area contributed by atoms with E-state index in [0.29, 0.717) is 30.9 Å². The molecule has 4 nitrogen and oxygen atoms in total. The minimum Gasteiger partial charge on any atom is -0.368 e. The Labute approximate surface area is 183 Å². The van der Waals surface area contributed by atoms with E-state index in [9.17, 15) is 22.8 Å². The first-order chi connectivity index (χ1) is 15.1. The van der Waals surface area contributed by atoms with Gasteiger partial charge in [0.25, 0.3) is 5.91 Å². The third kappa shape index (κ3) is 3.76. The standard InChI is InChI=1S/C24H24F4N2O2/c1-14-4-2-5-16(12-14)21(31)30-11-3-10-23(30,22(29)32)20(15-6-7-15)18-9-8-17(13-19(18)25)24(26,27)28/h2,4-5,8-9,12-13,15,20H,3,6-7,10-11H2,1H3,(H2,29,32)/t20-,23+/m1/s1. The summed E-state index contributed by atoms with van der Waals surface area (Å²) in [4.78, 5) is 27.8. The van der Waals surface area contributed by atoms with E-state index in [1.54, 1.807) is 18.2 Å². The van der Waals surface area contributed by atoms with Gasteiger partial charge in [0.2, 0.25) is 5.91 Å². The highest BCUT2D eigenvalue weighted by molar-refractivity contribution is 6.00. The molecule has 0 aromatic heterocycles. The molecule has 170 valence electrons. The predicted molar refractivity (Wildman–Crippen MR) is 110 cm³/mol. The molecule has 2 aromatic rings. The Balaban J connectivity index is 1.82. The molecule has 2 aromatic carbocycles. The summed E-state index contributed by atoms with van der Waals surface area (Å²) in [5.74, 6) is -3.12. The van der Waals surface area contributed by atoms with Crippen LogP contribution in [0.2, 0.25) is 0 Å². The van der Waals surface area contributed by atoms with Crippen LogP contribution in [0, 0.1) is 18.7 Å². The lowest BCUT2D eigenvalue weighted by Gasteiger charge is -2.43. The van der Waals surface area contributed by atoms with E-state index in [1.165, 1.54) is 4.90 Å². The molecule has 2 atom stereocenters. The Morgan fingerprint density at radius 3 is 2.44 bits per heavy atom. The summed E-state index contributed by atoms with van der Waals surface area (Å²) < 4.78 is 54.3. The molecule has 2 amide bonds. The van der Waals surface area contributed by atoms with Crippen molar-refractivity contribution in [3.63, 3.8) is 0 Å². The van der Waals surface area contributed by atoms with Crippen molar-refractivity contribution in [2.45, 2.75) is 50.2 Å². The maximum atomic E-state index is 15.1. The van der Waals surface area contributed by atoms with E-state index in [4.69, 9.17) is 5.73 Å². The molecule has 1 aliphatic heterocycles. The zero-order chi connectivity index (χ0) is 23.3. The van der Waals surface area contributed by atoms with Gasteiger partial charge in [-0.05, 0) is 68.4 Å². The Morgan fingerprint density at radius 2 is 1.88 bits per heavy atom. The van der Waals surface area contributed by atoms with Gasteiger partial charge in [-0.2, -0.15) is 13.2 Å². The molecule has 2 aliphatic rings. The Kier molecular flexibility index (Phi) is 5.51. The smallest absolute Gasteiger partial charge is 0.368 e. The van der Waals surface area contributed by atoms with Crippen LogP contribution in [0.15, 0.2) is 42.5 Å². The molecule has 8 heteroatoms. The van der Waals surface area contributed by atoms with Crippen LogP contribution in [0.3, 0.4) is 0 Å². The minimum absolute atomic E-state index is 0.00300. The molecule has 1 aliphatic carbocycles. The van der Waals surface area contributed by atoms with Crippen molar-refractivity contribution >= 4 is 11.8 Å². The lowest BCUT2D eigenvalue weighted by Crippen LogP contribution is -2.60. The van der Waals surface area contributed by atoms with Crippen molar-refractivity contribution < 1.29 is 27.2 Å². The largest absolute Gasteiger partial charge is 0.416 e. The summed E-state index contributed by atoms with van der Waals surface area (Å²) in [7, 11) is 0. The Hall–Kier alpha value is -2.90. The molecule has 2 N–H and O–H groups in total. The third-order valence-corrected chi connectivity index (χ3v) is 6.63. The van der Waals surface area contributed by atoms with Crippen molar-refractivity contribution in [1.29, 1.82) is 0 Å². The first-order valence-electron chi connectivity index (χ1n) is 10.6. The summed E-state index contributed by atoms with van der Waals surface area (Å²) in [6, 6.07) is 9.30. The summed E-state index contributed by atoms with van der Waals surface area (Å²) in [5, 5.41) is 0. The number of benzene rings is 2. The van der Waals surface area contributed by atoms with Gasteiger partial charge >= 0.3 is 6.18 Å². The highest BCUT2D eigenvalue weighted by Crippen LogP contribution is 2.54. The molecule has 32 heavy (non-hydrogen) atoms. The Bertz CT molecular complexity index is 1060. The van der Waals surface area contributed by atoms with Crippen LogP contribution < -0.4 is 5.73 Å². The average Bonchev–Trinajstić information content (AvgIpc) is 3.45. The van der Waals surface area contributed by atoms with Crippen LogP contribution in [0.25, 0.3) is 0 Å². The predicted octanol–water partition coefficient (Wildman–Crippen LogP) is 4.81. The van der Waals surface area contributed by atoms with E-state index < -0.39 is 34.9 Å². The number of primary amides is 1. The second-order valence-corrected chi connectivity index (χ2v) is 8.77. The summed E-state index contributed by atoms with van der Waals surface area (Å²) in [6.45, 7) is 2.11. The summed E-state index contributed by atoms with van der Waals surface area (Å²) in [6.07, 6.45) is -2.58. The van der Waals surface area contributed by atoms with Crippen molar-refractivity contribution in [3.8, 4) is 0 Å². The topological polar surface area (TPSA) is 63.4 Å². The number of likely N-dealkylation sites (tertiary alicyclic amines) is 1. The maximum absolute atomic E-state index is 15.1. The van der Waals surface area contributed by atoms with Crippen molar-refractivity contribution in [1.82, 2.24) is 4.90 Å². The number of carbonyl (C=O) groups is 2. The van der Waals surface area contributed by atoms with E-state index in [0.717, 1.165) is 17.7 Å². The van der Waals surface area contributed by atoms with Gasteiger partial charge in [0.1, 0.15) is 11.4 Å². The van der Waals surface area contributed by atoms with Crippen molar-refractivity contribution in [3.05, 3.63) is 70.5 Å². The number of nitrogens with two attached hydrogens (primary N) is 1. The number of halogens is 4. The van der Waals surface area contributed by atoms with Gasteiger partial charge in [0.15, 0.2) is 0 Å². The lowest BCUT2D eigenvalue weighted by atomic mass is 9.73. The third-order valence-electron chi connectivity index (χ3n) is 6.63. The second kappa shape index (κ2) is 7.90. The number of amides is 2. The van der Waals surface area contributed by atoms with Gasteiger partial charge in [0.05, 0.1) is 5.56 Å². The first-order valence-corrected chi connectivity index (χ1v) is 10.6. The van der Waals surface area contributed by atoms with Crippen molar-refractivity contribution in [2.24, 2.45) is 11.7 Å². The van der Waals surface area contributed by atoms with E-state index in [-0.39, 0.29) is 30.4 Å². The lowest BCUT2D eigenvalue weighted by molar-refractivity contribution is -0.138. The number of alkyl halides is 3. The highest BCUT2D eigenvalue weighted by atomic mass is 19.4. The summed E-state index contributed by atoms with van der Waals surface area (Å²) in [5.41, 5.74) is 4.55. The molecule has 4 rings (SSSR count). The van der Waals surface area contributed by atoms with Crippen LogP contribution in [0.4, 0.5) is 17.6 Å². The minimum atomic E-state index is -4.68. The molecule has 0 spiro atoms. The van der Waals surface area contributed by atoms with Gasteiger partial charge in [-0.15, -0.1) is 0 Å². The molecule has 0 radical (unpaired) electrons. The number of hydrogen-bond donors (Lipinski definition) is 1. The molecule has 1 saturated heterocycles. The second-order valence-electron chi connectivity index (χ2n) is 8.77. The number of rotatable bonds is 5. The maximum Gasteiger partial charge on any atom is 0.416 e. The summed E-state index contributed by atoms with van der Waals surface area (Å²) >= 11 is 0. The van der Waals surface area contributed by atoms with Gasteiger partial charge in [0, 0.05) is 18.0 Å². The van der Waals surface area contributed by atoms with E-state index in [2.05, 4.69) is 0 Å². The zero-order valence-electron chi connectivity index (χ0n) is 17.6. The van der Waals surface area contributed by atoms with Gasteiger partial charge in [-0.1, -0.05) is 23.8 Å². The molecule has 0 bridgehead atoms. The number of nitrogens with zero attached hydrogens (tertiary/aromatic N) is 1.